The Bertz CT molecular complexity index is 2060. The summed E-state index contributed by atoms with van der Waals surface area (Å²) < 4.78 is 6.44. The molecule has 43 heavy (non-hydrogen) atoms. The van der Waals surface area contributed by atoms with Crippen LogP contribution in [0.1, 0.15) is 0 Å². The van der Waals surface area contributed by atoms with Gasteiger partial charge >= 0.3 is 0 Å². The number of benzene rings is 7. The standard InChI is InChI=1S/C40H27NOS/c1-2-10-28(11-3-1)29-20-24-32(25-21-29)41(36-16-8-13-30-12-4-5-14-34(30)36)33-26-22-31(23-27-33)35-15-9-19-39-40(35)42-37-17-6-7-18-38(37)43-39/h1-27H. The first-order chi connectivity index (χ1) is 21.3. The van der Waals surface area contributed by atoms with Gasteiger partial charge in [-0.1, -0.05) is 127 Å². The van der Waals surface area contributed by atoms with E-state index in [-0.39, 0.29) is 0 Å². The molecule has 0 saturated heterocycles. The Kier molecular flexibility index (Phi) is 6.43. The van der Waals surface area contributed by atoms with Gasteiger partial charge in [0.15, 0.2) is 0 Å². The summed E-state index contributed by atoms with van der Waals surface area (Å²) in [5.41, 5.74) is 7.98. The highest BCUT2D eigenvalue weighted by atomic mass is 32.2. The Morgan fingerprint density at radius 3 is 1.86 bits per heavy atom. The van der Waals surface area contributed by atoms with Gasteiger partial charge in [0.25, 0.3) is 0 Å². The van der Waals surface area contributed by atoms with Crippen LogP contribution in [0, 0.1) is 0 Å². The molecule has 7 aromatic carbocycles. The maximum absolute atomic E-state index is 6.44. The number of fused-ring (bicyclic) bond motifs is 3. The van der Waals surface area contributed by atoms with Crippen LogP contribution in [0.5, 0.6) is 11.5 Å². The summed E-state index contributed by atoms with van der Waals surface area (Å²) in [6, 6.07) is 57.9. The summed E-state index contributed by atoms with van der Waals surface area (Å²) in [4.78, 5) is 4.63. The van der Waals surface area contributed by atoms with Gasteiger partial charge in [-0.25, -0.2) is 0 Å². The second-order valence-corrected chi connectivity index (χ2v) is 11.7. The molecule has 0 saturated carbocycles. The Balaban J connectivity index is 1.21. The third kappa shape index (κ3) is 4.74. The molecule has 0 aliphatic carbocycles. The highest BCUT2D eigenvalue weighted by Gasteiger charge is 2.22. The van der Waals surface area contributed by atoms with Crippen LogP contribution in [-0.4, -0.2) is 0 Å². The van der Waals surface area contributed by atoms with Gasteiger partial charge in [0.1, 0.15) is 11.5 Å². The number of nitrogens with zero attached hydrogens (tertiary/aromatic N) is 1. The molecule has 0 N–H and O–H groups in total. The fourth-order valence-corrected chi connectivity index (χ4v) is 6.81. The Labute approximate surface area is 255 Å². The van der Waals surface area contributed by atoms with Gasteiger partial charge in [-0.3, -0.25) is 0 Å². The van der Waals surface area contributed by atoms with E-state index >= 15 is 0 Å². The van der Waals surface area contributed by atoms with E-state index in [2.05, 4.69) is 157 Å². The van der Waals surface area contributed by atoms with Crippen molar-refractivity contribution in [2.45, 2.75) is 9.79 Å². The zero-order chi connectivity index (χ0) is 28.6. The van der Waals surface area contributed by atoms with E-state index in [9.17, 15) is 0 Å². The van der Waals surface area contributed by atoms with Gasteiger partial charge in [-0.2, -0.15) is 0 Å². The van der Waals surface area contributed by atoms with Crippen molar-refractivity contribution in [1.82, 2.24) is 0 Å². The quantitative estimate of drug-likeness (QED) is 0.205. The SMILES string of the molecule is c1ccc(-c2ccc(N(c3ccc(-c4cccc5c4Oc4ccccc4S5)cc3)c3cccc4ccccc34)cc2)cc1. The van der Waals surface area contributed by atoms with Crippen LogP contribution in [0.25, 0.3) is 33.0 Å². The van der Waals surface area contributed by atoms with Crippen LogP contribution < -0.4 is 9.64 Å². The second-order valence-electron chi connectivity index (χ2n) is 10.6. The van der Waals surface area contributed by atoms with E-state index < -0.39 is 0 Å². The third-order valence-corrected chi connectivity index (χ3v) is 9.04. The number of para-hydroxylation sites is 2. The molecule has 0 amide bonds. The molecule has 0 spiro atoms. The number of hydrogen-bond acceptors (Lipinski definition) is 3. The Hall–Kier alpha value is -5.25. The number of anilines is 3. The molecule has 0 fully saturated rings. The first kappa shape index (κ1) is 25.5. The molecule has 7 aromatic rings. The summed E-state index contributed by atoms with van der Waals surface area (Å²) in [6.45, 7) is 0. The lowest BCUT2D eigenvalue weighted by Gasteiger charge is -2.27. The fraction of sp³-hybridized carbons (Fsp3) is 0. The van der Waals surface area contributed by atoms with Gasteiger partial charge in [-0.05, 0) is 70.6 Å². The summed E-state index contributed by atoms with van der Waals surface area (Å²) in [5.74, 6) is 1.83. The largest absolute Gasteiger partial charge is 0.454 e. The summed E-state index contributed by atoms with van der Waals surface area (Å²) in [6.07, 6.45) is 0. The molecule has 1 heterocycles. The summed E-state index contributed by atoms with van der Waals surface area (Å²) >= 11 is 1.76. The fourth-order valence-electron chi connectivity index (χ4n) is 5.83. The average molecular weight is 570 g/mol. The first-order valence-electron chi connectivity index (χ1n) is 14.4. The van der Waals surface area contributed by atoms with Crippen LogP contribution in [0.3, 0.4) is 0 Å². The molecular formula is C40H27NOS. The minimum absolute atomic E-state index is 0.908. The topological polar surface area (TPSA) is 12.5 Å². The summed E-state index contributed by atoms with van der Waals surface area (Å²) in [7, 11) is 0. The van der Waals surface area contributed by atoms with Gasteiger partial charge in [0, 0.05) is 22.3 Å². The van der Waals surface area contributed by atoms with E-state index in [0.29, 0.717) is 0 Å². The van der Waals surface area contributed by atoms with Crippen LogP contribution in [0.15, 0.2) is 174 Å². The lowest BCUT2D eigenvalue weighted by Crippen LogP contribution is -2.10. The number of rotatable bonds is 5. The van der Waals surface area contributed by atoms with Crippen LogP contribution in [0.2, 0.25) is 0 Å². The van der Waals surface area contributed by atoms with Crippen molar-refractivity contribution < 1.29 is 4.74 Å². The predicted octanol–water partition coefficient (Wildman–Crippen LogP) is 11.9. The van der Waals surface area contributed by atoms with Gasteiger partial charge in [0.2, 0.25) is 0 Å². The Morgan fingerprint density at radius 2 is 1.05 bits per heavy atom. The van der Waals surface area contributed by atoms with Gasteiger partial charge in [-0.15, -0.1) is 0 Å². The normalized spacial score (nSPS) is 11.8. The van der Waals surface area contributed by atoms with Crippen molar-refractivity contribution in [3.05, 3.63) is 164 Å². The molecule has 1 aliphatic rings. The molecule has 1 aliphatic heterocycles. The van der Waals surface area contributed by atoms with E-state index in [4.69, 9.17) is 4.74 Å². The van der Waals surface area contributed by atoms with Crippen molar-refractivity contribution in [2.24, 2.45) is 0 Å². The molecular weight excluding hydrogens is 543 g/mol. The lowest BCUT2D eigenvalue weighted by molar-refractivity contribution is 0.456. The van der Waals surface area contributed by atoms with Gasteiger partial charge in [0.05, 0.1) is 15.5 Å². The highest BCUT2D eigenvalue weighted by molar-refractivity contribution is 7.99. The van der Waals surface area contributed by atoms with Crippen LogP contribution in [0.4, 0.5) is 17.1 Å². The molecule has 3 heteroatoms. The van der Waals surface area contributed by atoms with Crippen molar-refractivity contribution in [3.63, 3.8) is 0 Å². The molecule has 0 bridgehead atoms. The highest BCUT2D eigenvalue weighted by Crippen LogP contribution is 2.51. The minimum atomic E-state index is 0.908. The summed E-state index contributed by atoms with van der Waals surface area (Å²) in [5, 5.41) is 2.43. The average Bonchev–Trinajstić information content (AvgIpc) is 3.08. The number of hydrogen-bond donors (Lipinski definition) is 0. The predicted molar refractivity (Wildman–Crippen MR) is 180 cm³/mol. The van der Waals surface area contributed by atoms with Crippen LogP contribution >= 0.6 is 11.8 Å². The van der Waals surface area contributed by atoms with Crippen molar-refractivity contribution >= 4 is 39.6 Å². The van der Waals surface area contributed by atoms with Crippen LogP contribution in [-0.2, 0) is 0 Å². The Morgan fingerprint density at radius 1 is 0.442 bits per heavy atom. The van der Waals surface area contributed by atoms with E-state index in [1.807, 2.05) is 12.1 Å². The monoisotopic (exact) mass is 569 g/mol. The van der Waals surface area contributed by atoms with E-state index in [0.717, 1.165) is 49.5 Å². The minimum Gasteiger partial charge on any atom is -0.454 e. The zero-order valence-corrected chi connectivity index (χ0v) is 24.2. The molecule has 0 atom stereocenters. The van der Waals surface area contributed by atoms with Crippen molar-refractivity contribution in [2.75, 3.05) is 4.90 Å². The number of ether oxygens (including phenoxy) is 1. The van der Waals surface area contributed by atoms with Crippen molar-refractivity contribution in [1.29, 1.82) is 0 Å². The maximum Gasteiger partial charge on any atom is 0.149 e. The second kappa shape index (κ2) is 10.9. The molecule has 0 radical (unpaired) electrons. The third-order valence-electron chi connectivity index (χ3n) is 7.94. The molecule has 204 valence electrons. The molecule has 0 aromatic heterocycles. The van der Waals surface area contributed by atoms with E-state index in [1.165, 1.54) is 21.9 Å². The smallest absolute Gasteiger partial charge is 0.149 e. The zero-order valence-electron chi connectivity index (χ0n) is 23.4. The molecule has 2 nitrogen and oxygen atoms in total. The molecule has 0 unspecified atom stereocenters. The van der Waals surface area contributed by atoms with Gasteiger partial charge < -0.3 is 9.64 Å². The maximum atomic E-state index is 6.44. The van der Waals surface area contributed by atoms with E-state index in [1.54, 1.807) is 11.8 Å². The molecule has 8 rings (SSSR count). The van der Waals surface area contributed by atoms with Crippen molar-refractivity contribution in [3.8, 4) is 33.8 Å². The lowest BCUT2D eigenvalue weighted by atomic mass is 10.0. The first-order valence-corrected chi connectivity index (χ1v) is 15.2.